The van der Waals surface area contributed by atoms with E-state index in [-0.39, 0.29) is 0 Å². The first kappa shape index (κ1) is 8.81. The Hall–Kier alpha value is -0.770. The largest absolute Gasteiger partial charge is 0.324 e. The van der Waals surface area contributed by atoms with Gasteiger partial charge in [-0.25, -0.2) is 4.98 Å². The normalized spacial score (nSPS) is 11.0. The van der Waals surface area contributed by atoms with Gasteiger partial charge in [0, 0.05) is 6.20 Å². The zero-order valence-corrected chi connectivity index (χ0v) is 8.18. The lowest BCUT2D eigenvalue weighted by Crippen LogP contribution is -2.01. The fraction of sp³-hybridized carbons (Fsp3) is 0.125. The molecule has 68 valence electrons. The lowest BCUT2D eigenvalue weighted by molar-refractivity contribution is 0.903. The molecule has 0 amide bonds. The van der Waals surface area contributed by atoms with E-state index in [1.807, 2.05) is 12.3 Å². The summed E-state index contributed by atoms with van der Waals surface area (Å²) in [6, 6.07) is 3.59. The van der Waals surface area contributed by atoms with Gasteiger partial charge >= 0.3 is 0 Å². The standard InChI is InChI=1S/C8H7Cl2N3/c9-5-2-1-3-13-6(4-11)12-8(10)7(5)13/h1-3H,4,11H2. The average molecular weight is 216 g/mol. The molecule has 0 aliphatic carbocycles. The van der Waals surface area contributed by atoms with Gasteiger partial charge < -0.3 is 5.73 Å². The second-order valence-electron chi connectivity index (χ2n) is 2.60. The maximum absolute atomic E-state index is 5.95. The van der Waals surface area contributed by atoms with Crippen LogP contribution in [0.1, 0.15) is 5.82 Å². The minimum absolute atomic E-state index is 0.341. The first-order chi connectivity index (χ1) is 6.24. The summed E-state index contributed by atoms with van der Waals surface area (Å²) in [6.07, 6.45) is 1.84. The molecule has 2 rings (SSSR count). The van der Waals surface area contributed by atoms with E-state index in [0.29, 0.717) is 28.1 Å². The van der Waals surface area contributed by atoms with E-state index in [1.54, 1.807) is 10.5 Å². The van der Waals surface area contributed by atoms with Crippen LogP contribution >= 0.6 is 23.2 Å². The molecule has 0 aliphatic rings. The van der Waals surface area contributed by atoms with Gasteiger partial charge in [0.1, 0.15) is 11.3 Å². The van der Waals surface area contributed by atoms with E-state index in [1.165, 1.54) is 0 Å². The molecule has 0 radical (unpaired) electrons. The van der Waals surface area contributed by atoms with E-state index in [0.717, 1.165) is 0 Å². The number of imidazole rings is 1. The van der Waals surface area contributed by atoms with E-state index < -0.39 is 0 Å². The molecule has 0 unspecified atom stereocenters. The Balaban J connectivity index is 2.87. The molecule has 13 heavy (non-hydrogen) atoms. The zero-order valence-electron chi connectivity index (χ0n) is 6.67. The van der Waals surface area contributed by atoms with E-state index in [9.17, 15) is 0 Å². The van der Waals surface area contributed by atoms with Gasteiger partial charge in [-0.2, -0.15) is 0 Å². The molecular weight excluding hydrogens is 209 g/mol. The van der Waals surface area contributed by atoms with Gasteiger partial charge in [0.2, 0.25) is 0 Å². The van der Waals surface area contributed by atoms with Gasteiger partial charge in [-0.3, -0.25) is 4.40 Å². The van der Waals surface area contributed by atoms with Crippen molar-refractivity contribution in [1.29, 1.82) is 0 Å². The fourth-order valence-electron chi connectivity index (χ4n) is 1.26. The van der Waals surface area contributed by atoms with Crippen molar-refractivity contribution in [2.45, 2.75) is 6.54 Å². The van der Waals surface area contributed by atoms with Crippen molar-refractivity contribution >= 4 is 28.7 Å². The third-order valence-electron chi connectivity index (χ3n) is 1.83. The summed E-state index contributed by atoms with van der Waals surface area (Å²) >= 11 is 11.8. The highest BCUT2D eigenvalue weighted by molar-refractivity contribution is 6.39. The van der Waals surface area contributed by atoms with Crippen LogP contribution in [0.15, 0.2) is 18.3 Å². The predicted molar refractivity (Wildman–Crippen MR) is 53.1 cm³/mol. The van der Waals surface area contributed by atoms with E-state index in [2.05, 4.69) is 4.98 Å². The number of fused-ring (bicyclic) bond motifs is 1. The van der Waals surface area contributed by atoms with Gasteiger partial charge in [0.05, 0.1) is 11.6 Å². The van der Waals surface area contributed by atoms with Crippen molar-refractivity contribution in [2.75, 3.05) is 0 Å². The molecule has 2 N–H and O–H groups in total. The number of halogens is 2. The second kappa shape index (κ2) is 3.18. The summed E-state index contributed by atoms with van der Waals surface area (Å²) in [5.74, 6) is 0.711. The molecule has 0 spiro atoms. The van der Waals surface area contributed by atoms with E-state index >= 15 is 0 Å². The maximum atomic E-state index is 5.95. The number of nitrogens with zero attached hydrogens (tertiary/aromatic N) is 2. The van der Waals surface area contributed by atoms with Crippen molar-refractivity contribution in [3.63, 3.8) is 0 Å². The van der Waals surface area contributed by atoms with Crippen LogP contribution < -0.4 is 5.73 Å². The lowest BCUT2D eigenvalue weighted by Gasteiger charge is -1.98. The molecule has 0 aliphatic heterocycles. The number of rotatable bonds is 1. The van der Waals surface area contributed by atoms with Crippen molar-refractivity contribution in [1.82, 2.24) is 9.38 Å². The van der Waals surface area contributed by atoms with Crippen LogP contribution in [0.2, 0.25) is 10.2 Å². The fourth-order valence-corrected chi connectivity index (χ4v) is 1.85. The first-order valence-corrected chi connectivity index (χ1v) is 4.50. The Morgan fingerprint density at radius 2 is 2.23 bits per heavy atom. The van der Waals surface area contributed by atoms with Gasteiger partial charge in [-0.1, -0.05) is 23.2 Å². The molecule has 2 aromatic rings. The molecule has 0 atom stereocenters. The lowest BCUT2D eigenvalue weighted by atomic mass is 10.4. The monoisotopic (exact) mass is 215 g/mol. The van der Waals surface area contributed by atoms with Gasteiger partial charge in [0.15, 0.2) is 5.15 Å². The van der Waals surface area contributed by atoms with Crippen LogP contribution in [0.5, 0.6) is 0 Å². The Morgan fingerprint density at radius 3 is 2.92 bits per heavy atom. The van der Waals surface area contributed by atoms with Crippen LogP contribution in [0, 0.1) is 0 Å². The van der Waals surface area contributed by atoms with Crippen LogP contribution in [-0.4, -0.2) is 9.38 Å². The Labute approximate surface area is 85.1 Å². The minimum atomic E-state index is 0.341. The average Bonchev–Trinajstić information content (AvgIpc) is 2.44. The second-order valence-corrected chi connectivity index (χ2v) is 3.36. The maximum Gasteiger partial charge on any atom is 0.156 e. The summed E-state index contributed by atoms with van der Waals surface area (Å²) in [6.45, 7) is 0.341. The molecule has 0 aromatic carbocycles. The van der Waals surface area contributed by atoms with Crippen molar-refractivity contribution in [3.8, 4) is 0 Å². The highest BCUT2D eigenvalue weighted by atomic mass is 35.5. The topological polar surface area (TPSA) is 43.3 Å². The van der Waals surface area contributed by atoms with Gasteiger partial charge in [-0.15, -0.1) is 0 Å². The summed E-state index contributed by atoms with van der Waals surface area (Å²) < 4.78 is 1.80. The molecule has 0 bridgehead atoms. The number of hydrogen-bond donors (Lipinski definition) is 1. The van der Waals surface area contributed by atoms with Crippen LogP contribution in [0.3, 0.4) is 0 Å². The van der Waals surface area contributed by atoms with Crippen molar-refractivity contribution < 1.29 is 0 Å². The quantitative estimate of drug-likeness (QED) is 0.793. The molecule has 2 aromatic heterocycles. The number of nitrogens with two attached hydrogens (primary N) is 1. The van der Waals surface area contributed by atoms with Crippen LogP contribution in [0.4, 0.5) is 0 Å². The third-order valence-corrected chi connectivity index (χ3v) is 2.40. The molecule has 5 heteroatoms. The SMILES string of the molecule is NCc1nc(Cl)c2c(Cl)cccn12. The number of pyridine rings is 1. The molecular formula is C8H7Cl2N3. The summed E-state index contributed by atoms with van der Waals surface area (Å²) in [5, 5.41) is 0.978. The highest BCUT2D eigenvalue weighted by Crippen LogP contribution is 2.25. The first-order valence-electron chi connectivity index (χ1n) is 3.75. The predicted octanol–water partition coefficient (Wildman–Crippen LogP) is 2.10. The van der Waals surface area contributed by atoms with Crippen LogP contribution in [-0.2, 0) is 6.54 Å². The van der Waals surface area contributed by atoms with Crippen molar-refractivity contribution in [2.24, 2.45) is 5.73 Å². The van der Waals surface area contributed by atoms with Gasteiger partial charge in [0.25, 0.3) is 0 Å². The third kappa shape index (κ3) is 1.29. The Bertz CT molecular complexity index is 450. The minimum Gasteiger partial charge on any atom is -0.324 e. The summed E-state index contributed by atoms with van der Waals surface area (Å²) in [4.78, 5) is 4.09. The molecule has 0 fully saturated rings. The summed E-state index contributed by atoms with van der Waals surface area (Å²) in [5.41, 5.74) is 6.21. The smallest absolute Gasteiger partial charge is 0.156 e. The molecule has 0 saturated heterocycles. The molecule has 3 nitrogen and oxygen atoms in total. The molecule has 0 saturated carbocycles. The Morgan fingerprint density at radius 1 is 1.46 bits per heavy atom. The number of aromatic nitrogens is 2. The molecule has 2 heterocycles. The highest BCUT2D eigenvalue weighted by Gasteiger charge is 2.09. The number of hydrogen-bond acceptors (Lipinski definition) is 2. The van der Waals surface area contributed by atoms with Crippen molar-refractivity contribution in [3.05, 3.63) is 34.3 Å². The zero-order chi connectivity index (χ0) is 9.42. The summed E-state index contributed by atoms with van der Waals surface area (Å²) in [7, 11) is 0. The van der Waals surface area contributed by atoms with Crippen LogP contribution in [0.25, 0.3) is 5.52 Å². The van der Waals surface area contributed by atoms with Gasteiger partial charge in [-0.05, 0) is 12.1 Å². The Kier molecular flexibility index (Phi) is 2.15. The van der Waals surface area contributed by atoms with E-state index in [4.69, 9.17) is 28.9 Å².